The van der Waals surface area contributed by atoms with Crippen LogP contribution in [0, 0.1) is 12.8 Å². The first-order valence-corrected chi connectivity index (χ1v) is 9.75. The molecule has 4 heterocycles. The molecule has 3 aromatic rings. The fourth-order valence-corrected chi connectivity index (χ4v) is 5.11. The third-order valence-corrected chi connectivity index (χ3v) is 6.27. The highest BCUT2D eigenvalue weighted by Gasteiger charge is 2.40. The van der Waals surface area contributed by atoms with Gasteiger partial charge >= 0.3 is 5.97 Å². The molecule has 1 fully saturated rings. The number of carboxylic acid groups (broad SMARTS) is 1. The molecule has 0 aliphatic carbocycles. The van der Waals surface area contributed by atoms with Gasteiger partial charge in [0.2, 0.25) is 0 Å². The molecule has 1 aromatic carbocycles. The minimum absolute atomic E-state index is 0.0440. The highest BCUT2D eigenvalue weighted by molar-refractivity contribution is 5.89. The Labute approximate surface area is 162 Å². The fraction of sp³-hybridized carbons (Fsp3) is 0.364. The summed E-state index contributed by atoms with van der Waals surface area (Å²) >= 11 is 0. The summed E-state index contributed by atoms with van der Waals surface area (Å²) in [5, 5.41) is 11.1. The quantitative estimate of drug-likeness (QED) is 0.736. The Balaban J connectivity index is 1.55. The number of rotatable bonds is 3. The van der Waals surface area contributed by atoms with Gasteiger partial charge in [0.05, 0.1) is 0 Å². The number of likely N-dealkylation sites (tertiary alicyclic amines) is 1. The normalized spacial score (nSPS) is 22.8. The first-order chi connectivity index (χ1) is 13.5. The van der Waals surface area contributed by atoms with Crippen molar-refractivity contribution >= 4 is 16.9 Å². The second kappa shape index (κ2) is 6.34. The van der Waals surface area contributed by atoms with Crippen molar-refractivity contribution in [1.82, 2.24) is 14.5 Å². The van der Waals surface area contributed by atoms with Crippen LogP contribution in [0.2, 0.25) is 0 Å². The average Bonchev–Trinajstić information content (AvgIpc) is 3.05. The predicted molar refractivity (Wildman–Crippen MR) is 107 cm³/mol. The molecule has 5 rings (SSSR count). The summed E-state index contributed by atoms with van der Waals surface area (Å²) in [6.07, 6.45) is 2.85. The molecule has 1 saturated heterocycles. The first-order valence-electron chi connectivity index (χ1n) is 9.75. The lowest BCUT2D eigenvalue weighted by Crippen LogP contribution is -2.49. The van der Waals surface area contributed by atoms with Gasteiger partial charge in [0.1, 0.15) is 6.04 Å². The van der Waals surface area contributed by atoms with E-state index < -0.39 is 12.0 Å². The number of aryl methyl sites for hydroxylation is 1. The van der Waals surface area contributed by atoms with Gasteiger partial charge in [-0.1, -0.05) is 17.7 Å². The Bertz CT molecular complexity index is 1130. The van der Waals surface area contributed by atoms with Crippen molar-refractivity contribution in [2.45, 2.75) is 31.8 Å². The van der Waals surface area contributed by atoms with Gasteiger partial charge in [0.15, 0.2) is 0 Å². The van der Waals surface area contributed by atoms with E-state index in [0.717, 1.165) is 34.1 Å². The number of H-pyrrole nitrogens is 1. The molecule has 2 aliphatic rings. The molecule has 2 bridgehead atoms. The van der Waals surface area contributed by atoms with E-state index in [0.29, 0.717) is 25.6 Å². The van der Waals surface area contributed by atoms with E-state index in [-0.39, 0.29) is 11.5 Å². The second-order valence-electron chi connectivity index (χ2n) is 8.19. The van der Waals surface area contributed by atoms with Crippen LogP contribution in [-0.2, 0) is 11.3 Å². The van der Waals surface area contributed by atoms with Crippen molar-refractivity contribution in [3.8, 4) is 0 Å². The largest absolute Gasteiger partial charge is 0.480 e. The molecule has 0 spiro atoms. The van der Waals surface area contributed by atoms with Crippen LogP contribution in [0.5, 0.6) is 0 Å². The maximum absolute atomic E-state index is 12.3. The molecule has 2 aromatic heterocycles. The number of aromatic nitrogens is 2. The molecule has 2 aliphatic heterocycles. The number of aliphatic carboxylic acids is 1. The first kappa shape index (κ1) is 17.3. The number of piperidine rings is 1. The monoisotopic (exact) mass is 377 g/mol. The molecule has 0 amide bonds. The molecule has 6 nitrogen and oxygen atoms in total. The van der Waals surface area contributed by atoms with Gasteiger partial charge in [-0.05, 0) is 37.5 Å². The van der Waals surface area contributed by atoms with Gasteiger partial charge in [-0.15, -0.1) is 0 Å². The van der Waals surface area contributed by atoms with Crippen LogP contribution in [0.4, 0.5) is 0 Å². The number of hydrogen-bond acceptors (Lipinski definition) is 3. The number of pyridine rings is 1. The zero-order chi connectivity index (χ0) is 19.4. The number of aromatic amines is 1. The van der Waals surface area contributed by atoms with E-state index in [1.807, 2.05) is 42.0 Å². The Morgan fingerprint density at radius 1 is 1.21 bits per heavy atom. The Morgan fingerprint density at radius 2 is 2.07 bits per heavy atom. The van der Waals surface area contributed by atoms with Crippen molar-refractivity contribution in [1.29, 1.82) is 0 Å². The third-order valence-electron chi connectivity index (χ3n) is 6.27. The summed E-state index contributed by atoms with van der Waals surface area (Å²) in [6, 6.07) is 10.8. The molecular weight excluding hydrogens is 354 g/mol. The SMILES string of the molecule is Cc1ccc2[nH]cc([C@H](C(=O)O)N3C[C@H]4C[C@@H](C3)c3cccc(=O)n3C4)c2c1. The van der Waals surface area contributed by atoms with Crippen LogP contribution in [0.15, 0.2) is 47.4 Å². The zero-order valence-electron chi connectivity index (χ0n) is 15.8. The molecule has 2 N–H and O–H groups in total. The zero-order valence-corrected chi connectivity index (χ0v) is 15.8. The maximum atomic E-state index is 12.3. The Hall–Kier alpha value is -2.86. The standard InChI is InChI=1S/C22H23N3O3/c1-13-5-6-18-16(7-13)17(9-23-18)21(22(27)28)24-10-14-8-15(12-24)19-3-2-4-20(26)25(19)11-14/h2-7,9,14-15,21,23H,8,10-12H2,1H3,(H,27,28)/t14-,15+,21-/m1/s1. The van der Waals surface area contributed by atoms with E-state index in [1.165, 1.54) is 0 Å². The van der Waals surface area contributed by atoms with Gasteiger partial charge in [0.25, 0.3) is 5.56 Å². The molecule has 3 atom stereocenters. The lowest BCUT2D eigenvalue weighted by molar-refractivity contribution is -0.144. The number of carbonyl (C=O) groups is 1. The van der Waals surface area contributed by atoms with E-state index in [2.05, 4.69) is 16.0 Å². The van der Waals surface area contributed by atoms with Gasteiger partial charge in [0, 0.05) is 60.0 Å². The van der Waals surface area contributed by atoms with Crippen molar-refractivity contribution in [3.05, 3.63) is 69.8 Å². The Kier molecular flexibility index (Phi) is 3.91. The number of carboxylic acids is 1. The van der Waals surface area contributed by atoms with E-state index >= 15 is 0 Å². The van der Waals surface area contributed by atoms with E-state index in [1.54, 1.807) is 6.07 Å². The second-order valence-corrected chi connectivity index (χ2v) is 8.19. The summed E-state index contributed by atoms with van der Waals surface area (Å²) < 4.78 is 1.88. The van der Waals surface area contributed by atoms with Crippen molar-refractivity contribution in [2.24, 2.45) is 5.92 Å². The number of fused-ring (bicyclic) bond motifs is 5. The third kappa shape index (κ3) is 2.67. The highest BCUT2D eigenvalue weighted by Crippen LogP contribution is 2.39. The molecule has 6 heteroatoms. The lowest BCUT2D eigenvalue weighted by Gasteiger charge is -2.44. The van der Waals surface area contributed by atoms with Crippen LogP contribution in [0.3, 0.4) is 0 Å². The number of hydrogen-bond donors (Lipinski definition) is 2. The van der Waals surface area contributed by atoms with Crippen LogP contribution >= 0.6 is 0 Å². The van der Waals surface area contributed by atoms with E-state index in [9.17, 15) is 14.7 Å². The number of nitrogens with zero attached hydrogens (tertiary/aromatic N) is 2. The predicted octanol–water partition coefficient (Wildman–Crippen LogP) is 2.88. The van der Waals surface area contributed by atoms with Gasteiger partial charge in [-0.25, -0.2) is 0 Å². The molecular formula is C22H23N3O3. The van der Waals surface area contributed by atoms with Crippen LogP contribution in [0.25, 0.3) is 10.9 Å². The average molecular weight is 377 g/mol. The summed E-state index contributed by atoms with van der Waals surface area (Å²) in [7, 11) is 0. The lowest BCUT2D eigenvalue weighted by atomic mass is 9.82. The summed E-state index contributed by atoms with van der Waals surface area (Å²) in [5.41, 5.74) is 3.97. The molecule has 0 unspecified atom stereocenters. The maximum Gasteiger partial charge on any atom is 0.325 e. The smallest absolute Gasteiger partial charge is 0.325 e. The van der Waals surface area contributed by atoms with Gasteiger partial charge in [-0.2, -0.15) is 0 Å². The topological polar surface area (TPSA) is 78.3 Å². The number of nitrogens with one attached hydrogen (secondary N) is 1. The van der Waals surface area contributed by atoms with Crippen molar-refractivity contribution in [3.63, 3.8) is 0 Å². The molecule has 0 radical (unpaired) electrons. The minimum Gasteiger partial charge on any atom is -0.480 e. The van der Waals surface area contributed by atoms with Crippen molar-refractivity contribution in [2.75, 3.05) is 13.1 Å². The number of benzene rings is 1. The minimum atomic E-state index is -0.826. The van der Waals surface area contributed by atoms with Gasteiger partial charge in [-0.3, -0.25) is 14.5 Å². The fourth-order valence-electron chi connectivity index (χ4n) is 5.11. The van der Waals surface area contributed by atoms with Crippen LogP contribution < -0.4 is 5.56 Å². The summed E-state index contributed by atoms with van der Waals surface area (Å²) in [6.45, 7) is 4.02. The van der Waals surface area contributed by atoms with Crippen molar-refractivity contribution < 1.29 is 9.90 Å². The molecule has 28 heavy (non-hydrogen) atoms. The highest BCUT2D eigenvalue weighted by atomic mass is 16.4. The molecule has 0 saturated carbocycles. The molecule has 144 valence electrons. The summed E-state index contributed by atoms with van der Waals surface area (Å²) in [4.78, 5) is 29.9. The van der Waals surface area contributed by atoms with Gasteiger partial charge < -0.3 is 14.7 Å². The Morgan fingerprint density at radius 3 is 2.89 bits per heavy atom. The van der Waals surface area contributed by atoms with Crippen LogP contribution in [-0.4, -0.2) is 38.6 Å². The van der Waals surface area contributed by atoms with Crippen LogP contribution in [0.1, 0.15) is 35.2 Å². The summed E-state index contributed by atoms with van der Waals surface area (Å²) in [5.74, 6) is -0.344. The van der Waals surface area contributed by atoms with E-state index in [4.69, 9.17) is 0 Å².